The Labute approximate surface area is 178 Å². The smallest absolute Gasteiger partial charge is 0.243 e. The zero-order valence-corrected chi connectivity index (χ0v) is 17.0. The van der Waals surface area contributed by atoms with Crippen molar-refractivity contribution in [3.8, 4) is 0 Å². The van der Waals surface area contributed by atoms with Gasteiger partial charge in [0.25, 0.3) is 0 Å². The number of nitrogens with zero attached hydrogens (tertiary/aromatic N) is 1. The number of carbonyl (C=O) groups is 3. The third kappa shape index (κ3) is 5.85. The second-order valence-corrected chi connectivity index (χ2v) is 7.21. The van der Waals surface area contributed by atoms with Crippen molar-refractivity contribution in [2.75, 3.05) is 0 Å². The van der Waals surface area contributed by atoms with Crippen LogP contribution in [0.5, 0.6) is 0 Å². The Morgan fingerprint density at radius 2 is 1.65 bits per heavy atom. The summed E-state index contributed by atoms with van der Waals surface area (Å²) in [6.07, 6.45) is 0.0101. The third-order valence-electron chi connectivity index (χ3n) is 4.81. The maximum absolute atomic E-state index is 14.0. The molecule has 0 saturated carbocycles. The molecule has 0 aliphatic rings. The number of para-hydroxylation sites is 1. The summed E-state index contributed by atoms with van der Waals surface area (Å²) in [6, 6.07) is 15.0. The van der Waals surface area contributed by atoms with Crippen LogP contribution in [0.15, 0.2) is 60.7 Å². The molecule has 0 unspecified atom stereocenters. The molecule has 0 saturated heterocycles. The highest BCUT2D eigenvalue weighted by Gasteiger charge is 2.26. The Bertz CT molecular complexity index is 1120. The van der Waals surface area contributed by atoms with Crippen molar-refractivity contribution >= 4 is 28.6 Å². The second-order valence-electron chi connectivity index (χ2n) is 7.21. The van der Waals surface area contributed by atoms with Gasteiger partial charge < -0.3 is 16.4 Å². The fourth-order valence-corrected chi connectivity index (χ4v) is 3.26. The number of nitrogens with one attached hydrogen (secondary N) is 2. The molecule has 3 amide bonds. The van der Waals surface area contributed by atoms with Crippen LogP contribution in [0.1, 0.15) is 18.2 Å². The number of amides is 3. The van der Waals surface area contributed by atoms with Crippen molar-refractivity contribution in [3.05, 3.63) is 77.7 Å². The number of rotatable bonds is 8. The summed E-state index contributed by atoms with van der Waals surface area (Å²) >= 11 is 0. The summed E-state index contributed by atoms with van der Waals surface area (Å²) in [4.78, 5) is 40.9. The second kappa shape index (κ2) is 9.80. The topological polar surface area (TPSA) is 114 Å². The molecule has 7 nitrogen and oxygen atoms in total. The van der Waals surface area contributed by atoms with Crippen LogP contribution in [0, 0.1) is 5.82 Å². The molecule has 8 heteroatoms. The van der Waals surface area contributed by atoms with E-state index in [4.69, 9.17) is 5.73 Å². The Morgan fingerprint density at radius 3 is 2.35 bits per heavy atom. The van der Waals surface area contributed by atoms with Crippen LogP contribution in [0.3, 0.4) is 0 Å². The van der Waals surface area contributed by atoms with Gasteiger partial charge in [-0.05, 0) is 23.8 Å². The summed E-state index contributed by atoms with van der Waals surface area (Å²) in [7, 11) is 0. The molecule has 0 fully saturated rings. The summed E-state index contributed by atoms with van der Waals surface area (Å²) in [5.41, 5.74) is 7.09. The van der Waals surface area contributed by atoms with Gasteiger partial charge in [0, 0.05) is 30.8 Å². The minimum Gasteiger partial charge on any atom is -0.368 e. The lowest BCUT2D eigenvalue weighted by atomic mass is 10.0. The van der Waals surface area contributed by atoms with Crippen LogP contribution in [0.2, 0.25) is 0 Å². The van der Waals surface area contributed by atoms with E-state index in [0.717, 1.165) is 10.9 Å². The van der Waals surface area contributed by atoms with E-state index in [1.165, 1.54) is 25.1 Å². The molecule has 3 aromatic rings. The van der Waals surface area contributed by atoms with E-state index in [1.54, 1.807) is 12.1 Å². The maximum Gasteiger partial charge on any atom is 0.243 e. The Balaban J connectivity index is 1.76. The van der Waals surface area contributed by atoms with Crippen molar-refractivity contribution in [1.82, 2.24) is 15.6 Å². The Kier molecular flexibility index (Phi) is 6.92. The molecule has 0 bridgehead atoms. The zero-order chi connectivity index (χ0) is 22.4. The van der Waals surface area contributed by atoms with E-state index >= 15 is 0 Å². The van der Waals surface area contributed by atoms with Gasteiger partial charge in [-0.1, -0.05) is 42.5 Å². The van der Waals surface area contributed by atoms with Gasteiger partial charge in [0.05, 0.1) is 5.52 Å². The molecule has 0 radical (unpaired) electrons. The number of fused-ring (bicyclic) bond motifs is 1. The molecule has 1 aromatic heterocycles. The van der Waals surface area contributed by atoms with Gasteiger partial charge in [-0.3, -0.25) is 19.4 Å². The molecule has 3 rings (SSSR count). The molecule has 0 spiro atoms. The van der Waals surface area contributed by atoms with Crippen molar-refractivity contribution in [3.63, 3.8) is 0 Å². The first kappa shape index (κ1) is 21.9. The highest BCUT2D eigenvalue weighted by Crippen LogP contribution is 2.13. The van der Waals surface area contributed by atoms with E-state index in [-0.39, 0.29) is 18.4 Å². The lowest BCUT2D eigenvalue weighted by molar-refractivity contribution is -0.130. The SMILES string of the molecule is CC(=O)N[C@@H](Cc1ccccc1F)C(=O)N[C@H](Cc1ccc2ccccc2n1)C(N)=O. The number of hydrogen-bond acceptors (Lipinski definition) is 4. The van der Waals surface area contributed by atoms with Crippen LogP contribution in [-0.2, 0) is 27.2 Å². The highest BCUT2D eigenvalue weighted by molar-refractivity contribution is 5.91. The summed E-state index contributed by atoms with van der Waals surface area (Å²) in [5, 5.41) is 6.02. The first-order valence-electron chi connectivity index (χ1n) is 9.78. The van der Waals surface area contributed by atoms with Gasteiger partial charge in [0.15, 0.2) is 0 Å². The monoisotopic (exact) mass is 422 g/mol. The fourth-order valence-electron chi connectivity index (χ4n) is 3.26. The van der Waals surface area contributed by atoms with Crippen molar-refractivity contribution in [1.29, 1.82) is 0 Å². The quantitative estimate of drug-likeness (QED) is 0.512. The van der Waals surface area contributed by atoms with Crippen molar-refractivity contribution < 1.29 is 18.8 Å². The van der Waals surface area contributed by atoms with E-state index in [2.05, 4.69) is 15.6 Å². The number of nitrogens with two attached hydrogens (primary N) is 1. The first-order valence-corrected chi connectivity index (χ1v) is 9.78. The predicted molar refractivity (Wildman–Crippen MR) is 114 cm³/mol. The summed E-state index contributed by atoms with van der Waals surface area (Å²) < 4.78 is 14.0. The van der Waals surface area contributed by atoms with E-state index < -0.39 is 35.6 Å². The molecule has 4 N–H and O–H groups in total. The Morgan fingerprint density at radius 1 is 0.935 bits per heavy atom. The molecule has 31 heavy (non-hydrogen) atoms. The van der Waals surface area contributed by atoms with E-state index in [0.29, 0.717) is 5.69 Å². The van der Waals surface area contributed by atoms with Gasteiger partial charge in [-0.15, -0.1) is 0 Å². The molecule has 1 heterocycles. The standard InChI is InChI=1S/C23H23FN4O3/c1-14(29)26-21(12-16-7-2-4-8-18(16)24)23(31)28-20(22(25)30)13-17-11-10-15-6-3-5-9-19(15)27-17/h2-11,20-21H,12-13H2,1H3,(H2,25,30)(H,26,29)(H,28,31)/t20-,21+/m1/s1. The molecular formula is C23H23FN4O3. The number of hydrogen-bond donors (Lipinski definition) is 3. The average molecular weight is 422 g/mol. The normalized spacial score (nSPS) is 12.7. The van der Waals surface area contributed by atoms with Crippen LogP contribution in [0.4, 0.5) is 4.39 Å². The van der Waals surface area contributed by atoms with Gasteiger partial charge in [0.1, 0.15) is 17.9 Å². The van der Waals surface area contributed by atoms with Crippen molar-refractivity contribution in [2.24, 2.45) is 5.73 Å². The number of carbonyl (C=O) groups excluding carboxylic acids is 3. The van der Waals surface area contributed by atoms with E-state index in [9.17, 15) is 18.8 Å². The summed E-state index contributed by atoms with van der Waals surface area (Å²) in [5.74, 6) is -2.32. The Hall–Kier alpha value is -3.81. The van der Waals surface area contributed by atoms with Crippen LogP contribution < -0.4 is 16.4 Å². The minimum absolute atomic E-state index is 0.0716. The summed E-state index contributed by atoms with van der Waals surface area (Å²) in [6.45, 7) is 1.26. The van der Waals surface area contributed by atoms with Crippen molar-refractivity contribution in [2.45, 2.75) is 31.8 Å². The molecule has 160 valence electrons. The largest absolute Gasteiger partial charge is 0.368 e. The average Bonchev–Trinajstić information content (AvgIpc) is 2.73. The zero-order valence-electron chi connectivity index (χ0n) is 17.0. The number of benzene rings is 2. The lowest BCUT2D eigenvalue weighted by Crippen LogP contribution is -2.54. The van der Waals surface area contributed by atoms with Gasteiger partial charge in [-0.25, -0.2) is 4.39 Å². The molecule has 0 aliphatic carbocycles. The predicted octanol–water partition coefficient (Wildman–Crippen LogP) is 1.63. The fraction of sp³-hybridized carbons (Fsp3) is 0.217. The maximum atomic E-state index is 14.0. The number of primary amides is 1. The minimum atomic E-state index is -1.07. The van der Waals surface area contributed by atoms with Gasteiger partial charge in [0.2, 0.25) is 17.7 Å². The number of aromatic nitrogens is 1. The third-order valence-corrected chi connectivity index (χ3v) is 4.81. The number of pyridine rings is 1. The molecule has 2 aromatic carbocycles. The van der Waals surface area contributed by atoms with Gasteiger partial charge >= 0.3 is 0 Å². The number of halogens is 1. The molecule has 2 atom stereocenters. The molecular weight excluding hydrogens is 399 g/mol. The molecule has 0 aliphatic heterocycles. The first-order chi connectivity index (χ1) is 14.8. The van der Waals surface area contributed by atoms with Crippen LogP contribution in [-0.4, -0.2) is 34.8 Å². The van der Waals surface area contributed by atoms with Crippen LogP contribution >= 0.6 is 0 Å². The van der Waals surface area contributed by atoms with Crippen LogP contribution in [0.25, 0.3) is 10.9 Å². The highest BCUT2D eigenvalue weighted by atomic mass is 19.1. The lowest BCUT2D eigenvalue weighted by Gasteiger charge is -2.22. The van der Waals surface area contributed by atoms with E-state index in [1.807, 2.05) is 30.3 Å². The van der Waals surface area contributed by atoms with Gasteiger partial charge in [-0.2, -0.15) is 0 Å².